The van der Waals surface area contributed by atoms with Gasteiger partial charge in [-0.05, 0) is 0 Å². The van der Waals surface area contributed by atoms with E-state index in [-0.39, 0.29) is 12.0 Å². The Kier molecular flexibility index (Phi) is 5.21. The fourth-order valence-corrected chi connectivity index (χ4v) is 2.80. The van der Waals surface area contributed by atoms with Gasteiger partial charge in [-0.3, -0.25) is 19.1 Å². The van der Waals surface area contributed by atoms with Crippen LogP contribution in [-0.4, -0.2) is 79.6 Å². The maximum absolute atomic E-state index is 12.4. The molecule has 0 bridgehead atoms. The predicted octanol–water partition coefficient (Wildman–Crippen LogP) is -0.629. The maximum Gasteiger partial charge on any atom is 0.236 e. The molecule has 3 heterocycles. The van der Waals surface area contributed by atoms with Gasteiger partial charge in [0, 0.05) is 45.5 Å². The van der Waals surface area contributed by atoms with E-state index in [0.29, 0.717) is 32.8 Å². The highest BCUT2D eigenvalue weighted by Gasteiger charge is 2.24. The van der Waals surface area contributed by atoms with Crippen molar-refractivity contribution in [3.63, 3.8) is 0 Å². The average molecular weight is 333 g/mol. The van der Waals surface area contributed by atoms with Crippen molar-refractivity contribution >= 4 is 5.91 Å². The Morgan fingerprint density at radius 3 is 3.04 bits per heavy atom. The highest BCUT2D eigenvalue weighted by molar-refractivity contribution is 5.78. The van der Waals surface area contributed by atoms with Crippen molar-refractivity contribution in [2.45, 2.75) is 19.2 Å². The molecule has 2 aromatic rings. The molecule has 0 aliphatic carbocycles. The van der Waals surface area contributed by atoms with E-state index in [0.717, 1.165) is 12.1 Å². The summed E-state index contributed by atoms with van der Waals surface area (Å²) >= 11 is 0. The summed E-state index contributed by atoms with van der Waals surface area (Å²) in [4.78, 5) is 20.2. The molecule has 1 unspecified atom stereocenters. The number of hydrogen-bond donors (Lipinski definition) is 0. The third-order valence-electron chi connectivity index (χ3n) is 4.04. The van der Waals surface area contributed by atoms with Crippen LogP contribution in [0.5, 0.6) is 0 Å². The van der Waals surface area contributed by atoms with E-state index in [9.17, 15) is 4.79 Å². The molecule has 0 saturated carbocycles. The second-order valence-corrected chi connectivity index (χ2v) is 6.12. The molecule has 0 spiro atoms. The number of aromatic nitrogens is 5. The lowest BCUT2D eigenvalue weighted by atomic mass is 10.2. The molecule has 1 atom stereocenters. The van der Waals surface area contributed by atoms with E-state index in [4.69, 9.17) is 4.74 Å². The second-order valence-electron chi connectivity index (χ2n) is 6.12. The average Bonchev–Trinajstić information content (AvgIpc) is 3.19. The van der Waals surface area contributed by atoms with Crippen LogP contribution < -0.4 is 0 Å². The Balaban J connectivity index is 1.48. The van der Waals surface area contributed by atoms with Crippen LogP contribution in [0.4, 0.5) is 0 Å². The molecule has 0 radical (unpaired) electrons. The predicted molar refractivity (Wildman–Crippen MR) is 85.9 cm³/mol. The zero-order chi connectivity index (χ0) is 16.9. The van der Waals surface area contributed by atoms with E-state index in [1.165, 1.54) is 6.33 Å². The third kappa shape index (κ3) is 4.39. The number of hydrogen-bond acceptors (Lipinski definition) is 6. The Hall–Kier alpha value is -2.26. The Morgan fingerprint density at radius 1 is 1.46 bits per heavy atom. The SMILES string of the molecule is CN(Cc1cnn(C)c1)C(=O)CN1CCOC(Cn2cncn2)C1. The standard InChI is InChI=1S/C15H23N7O2/c1-19(6-13-5-17-20(2)7-13)15(23)10-21-3-4-24-14(8-21)9-22-12-16-11-18-22/h5,7,11-12,14H,3-4,6,8-10H2,1-2H3. The molecule has 24 heavy (non-hydrogen) atoms. The van der Waals surface area contributed by atoms with Crippen LogP contribution in [0, 0.1) is 0 Å². The van der Waals surface area contributed by atoms with Crippen molar-refractivity contribution in [3.05, 3.63) is 30.6 Å². The van der Waals surface area contributed by atoms with Crippen LogP contribution in [0.1, 0.15) is 5.56 Å². The molecule has 1 fully saturated rings. The van der Waals surface area contributed by atoms with E-state index in [1.807, 2.05) is 20.3 Å². The molecular formula is C15H23N7O2. The van der Waals surface area contributed by atoms with Gasteiger partial charge in [0.15, 0.2) is 0 Å². The molecule has 2 aromatic heterocycles. The van der Waals surface area contributed by atoms with Crippen LogP contribution in [0.3, 0.4) is 0 Å². The molecular weight excluding hydrogens is 310 g/mol. The smallest absolute Gasteiger partial charge is 0.236 e. The number of nitrogens with zero attached hydrogens (tertiary/aromatic N) is 7. The van der Waals surface area contributed by atoms with Gasteiger partial charge < -0.3 is 9.64 Å². The summed E-state index contributed by atoms with van der Waals surface area (Å²) in [5.74, 6) is 0.0975. The van der Waals surface area contributed by atoms with Crippen LogP contribution >= 0.6 is 0 Å². The summed E-state index contributed by atoms with van der Waals surface area (Å²) in [6.45, 7) is 3.72. The van der Waals surface area contributed by atoms with Gasteiger partial charge >= 0.3 is 0 Å². The highest BCUT2D eigenvalue weighted by Crippen LogP contribution is 2.08. The first-order valence-electron chi connectivity index (χ1n) is 7.98. The summed E-state index contributed by atoms with van der Waals surface area (Å²) in [6, 6.07) is 0. The van der Waals surface area contributed by atoms with Crippen LogP contribution in [-0.2, 0) is 29.7 Å². The summed E-state index contributed by atoms with van der Waals surface area (Å²) in [7, 11) is 3.69. The van der Waals surface area contributed by atoms with Gasteiger partial charge in [0.1, 0.15) is 12.7 Å². The van der Waals surface area contributed by atoms with E-state index in [1.54, 1.807) is 26.8 Å². The number of rotatable bonds is 6. The molecule has 130 valence electrons. The molecule has 1 saturated heterocycles. The van der Waals surface area contributed by atoms with Crippen molar-refractivity contribution in [3.8, 4) is 0 Å². The van der Waals surface area contributed by atoms with Gasteiger partial charge in [-0.1, -0.05) is 0 Å². The van der Waals surface area contributed by atoms with Gasteiger partial charge in [0.05, 0.1) is 32.0 Å². The van der Waals surface area contributed by atoms with Crippen LogP contribution in [0.2, 0.25) is 0 Å². The molecule has 3 rings (SSSR count). The fraction of sp³-hybridized carbons (Fsp3) is 0.600. The number of likely N-dealkylation sites (N-methyl/N-ethyl adjacent to an activating group) is 1. The van der Waals surface area contributed by atoms with Crippen molar-refractivity contribution in [2.24, 2.45) is 7.05 Å². The number of amides is 1. The maximum atomic E-state index is 12.4. The monoisotopic (exact) mass is 333 g/mol. The quantitative estimate of drug-likeness (QED) is 0.700. The summed E-state index contributed by atoms with van der Waals surface area (Å²) in [6.07, 6.45) is 6.92. The van der Waals surface area contributed by atoms with Crippen molar-refractivity contribution in [2.75, 3.05) is 33.3 Å². The number of carbonyl (C=O) groups excluding carboxylic acids is 1. The van der Waals surface area contributed by atoms with Gasteiger partial charge in [0.2, 0.25) is 5.91 Å². The Labute approximate surface area is 140 Å². The first-order valence-corrected chi connectivity index (χ1v) is 7.98. The normalized spacial score (nSPS) is 18.7. The van der Waals surface area contributed by atoms with Gasteiger partial charge in [-0.15, -0.1) is 0 Å². The molecule has 1 aliphatic heterocycles. The van der Waals surface area contributed by atoms with Gasteiger partial charge in [-0.25, -0.2) is 4.98 Å². The van der Waals surface area contributed by atoms with E-state index < -0.39 is 0 Å². The number of carbonyl (C=O) groups is 1. The number of aryl methyl sites for hydroxylation is 1. The van der Waals surface area contributed by atoms with Crippen molar-refractivity contribution in [1.82, 2.24) is 34.3 Å². The van der Waals surface area contributed by atoms with E-state index in [2.05, 4.69) is 20.1 Å². The van der Waals surface area contributed by atoms with Crippen molar-refractivity contribution < 1.29 is 9.53 Å². The third-order valence-corrected chi connectivity index (χ3v) is 4.04. The molecule has 9 nitrogen and oxygen atoms in total. The molecule has 9 heteroatoms. The zero-order valence-corrected chi connectivity index (χ0v) is 14.1. The van der Waals surface area contributed by atoms with Gasteiger partial charge in [-0.2, -0.15) is 10.2 Å². The van der Waals surface area contributed by atoms with Crippen LogP contribution in [0.15, 0.2) is 25.0 Å². The lowest BCUT2D eigenvalue weighted by Crippen LogP contribution is -2.48. The number of ether oxygens (including phenoxy) is 1. The molecule has 0 aromatic carbocycles. The van der Waals surface area contributed by atoms with Crippen LogP contribution in [0.25, 0.3) is 0 Å². The van der Waals surface area contributed by atoms with Crippen molar-refractivity contribution in [1.29, 1.82) is 0 Å². The largest absolute Gasteiger partial charge is 0.374 e. The minimum Gasteiger partial charge on any atom is -0.374 e. The Morgan fingerprint density at radius 2 is 2.33 bits per heavy atom. The topological polar surface area (TPSA) is 81.3 Å². The summed E-state index contributed by atoms with van der Waals surface area (Å²) in [5.41, 5.74) is 1.03. The highest BCUT2D eigenvalue weighted by atomic mass is 16.5. The Bertz CT molecular complexity index is 655. The first kappa shape index (κ1) is 16.6. The lowest BCUT2D eigenvalue weighted by molar-refractivity contribution is -0.133. The fourth-order valence-electron chi connectivity index (χ4n) is 2.80. The second kappa shape index (κ2) is 7.54. The molecule has 1 amide bonds. The zero-order valence-electron chi connectivity index (χ0n) is 14.1. The number of morpholine rings is 1. The van der Waals surface area contributed by atoms with E-state index >= 15 is 0 Å². The summed E-state index contributed by atoms with van der Waals surface area (Å²) in [5, 5.41) is 8.23. The molecule has 0 N–H and O–H groups in total. The minimum atomic E-state index is 0.0249. The van der Waals surface area contributed by atoms with Gasteiger partial charge in [0.25, 0.3) is 0 Å². The lowest BCUT2D eigenvalue weighted by Gasteiger charge is -2.33. The minimum absolute atomic E-state index is 0.0249. The molecule has 1 aliphatic rings. The first-order chi connectivity index (χ1) is 11.6. The summed E-state index contributed by atoms with van der Waals surface area (Å²) < 4.78 is 9.25.